The van der Waals surface area contributed by atoms with E-state index in [9.17, 15) is 5.26 Å². The fourth-order valence-electron chi connectivity index (χ4n) is 2.89. The summed E-state index contributed by atoms with van der Waals surface area (Å²) in [5, 5.41) is 9.39. The highest BCUT2D eigenvalue weighted by molar-refractivity contribution is 4.97. The average Bonchev–Trinajstić information content (AvgIpc) is 2.61. The van der Waals surface area contributed by atoms with Gasteiger partial charge in [0.05, 0.1) is 6.07 Å². The summed E-state index contributed by atoms with van der Waals surface area (Å²) in [6, 6.07) is 2.68. The Morgan fingerprint density at radius 3 is 2.25 bits per heavy atom. The summed E-state index contributed by atoms with van der Waals surface area (Å²) in [5.41, 5.74) is 0. The maximum atomic E-state index is 9.39. The summed E-state index contributed by atoms with van der Waals surface area (Å²) < 4.78 is 5.38. The minimum Gasteiger partial charge on any atom is -0.381 e. The highest BCUT2D eigenvalue weighted by atomic mass is 16.5. The maximum absolute atomic E-state index is 9.39. The average molecular weight is 222 g/mol. The normalized spacial score (nSPS) is 26.9. The Balaban J connectivity index is 1.94. The number of hydrogen-bond donors (Lipinski definition) is 0. The van der Waals surface area contributed by atoms with Gasteiger partial charge in [0.25, 0.3) is 0 Å². The summed E-state index contributed by atoms with van der Waals surface area (Å²) in [6.45, 7) is 3.93. The molecule has 0 aromatic rings. The van der Waals surface area contributed by atoms with Gasteiger partial charge in [-0.1, -0.05) is 12.8 Å². The first-order valence-corrected chi connectivity index (χ1v) is 6.63. The third-order valence-electron chi connectivity index (χ3n) is 3.88. The van der Waals surface area contributed by atoms with Crippen LogP contribution in [0.15, 0.2) is 0 Å². The van der Waals surface area contributed by atoms with Crippen LogP contribution in [0.5, 0.6) is 0 Å². The molecule has 0 aliphatic carbocycles. The van der Waals surface area contributed by atoms with Gasteiger partial charge in [0.1, 0.15) is 6.04 Å². The molecule has 2 rings (SSSR count). The highest BCUT2D eigenvalue weighted by Crippen LogP contribution is 2.24. The molecule has 3 heteroatoms. The van der Waals surface area contributed by atoms with Crippen molar-refractivity contribution in [3.8, 4) is 6.07 Å². The number of hydrogen-bond acceptors (Lipinski definition) is 3. The molecule has 0 N–H and O–H groups in total. The second-order valence-corrected chi connectivity index (χ2v) is 4.97. The van der Waals surface area contributed by atoms with E-state index in [0.29, 0.717) is 5.92 Å². The van der Waals surface area contributed by atoms with Gasteiger partial charge >= 0.3 is 0 Å². The van der Waals surface area contributed by atoms with Crippen molar-refractivity contribution in [2.75, 3.05) is 26.3 Å². The zero-order chi connectivity index (χ0) is 11.2. The number of likely N-dealkylation sites (tertiary alicyclic amines) is 1. The largest absolute Gasteiger partial charge is 0.381 e. The van der Waals surface area contributed by atoms with E-state index in [1.165, 1.54) is 25.7 Å². The van der Waals surface area contributed by atoms with Crippen LogP contribution in [-0.2, 0) is 4.74 Å². The van der Waals surface area contributed by atoms with Crippen molar-refractivity contribution in [2.24, 2.45) is 5.92 Å². The Labute approximate surface area is 98.4 Å². The van der Waals surface area contributed by atoms with Gasteiger partial charge in [-0.05, 0) is 44.7 Å². The lowest BCUT2D eigenvalue weighted by Gasteiger charge is -2.33. The molecule has 0 aromatic carbocycles. The molecule has 16 heavy (non-hydrogen) atoms. The molecule has 2 aliphatic heterocycles. The van der Waals surface area contributed by atoms with Crippen LogP contribution < -0.4 is 0 Å². The summed E-state index contributed by atoms with van der Waals surface area (Å²) in [4.78, 5) is 2.42. The smallest absolute Gasteiger partial charge is 0.101 e. The molecular weight excluding hydrogens is 200 g/mol. The van der Waals surface area contributed by atoms with E-state index in [0.717, 1.165) is 39.1 Å². The van der Waals surface area contributed by atoms with Gasteiger partial charge in [0.15, 0.2) is 0 Å². The van der Waals surface area contributed by atoms with Gasteiger partial charge in [-0.2, -0.15) is 5.26 Å². The Bertz CT molecular complexity index is 235. The molecular formula is C13H22N2O. The van der Waals surface area contributed by atoms with Crippen LogP contribution in [-0.4, -0.2) is 37.2 Å². The summed E-state index contributed by atoms with van der Waals surface area (Å²) in [5.74, 6) is 0.539. The SMILES string of the molecule is N#CC(C1CCOCC1)N1CCCCCC1. The minimum atomic E-state index is 0.141. The topological polar surface area (TPSA) is 36.3 Å². The van der Waals surface area contributed by atoms with Gasteiger partial charge in [-0.15, -0.1) is 0 Å². The van der Waals surface area contributed by atoms with Gasteiger partial charge < -0.3 is 4.74 Å². The molecule has 1 unspecified atom stereocenters. The third kappa shape index (κ3) is 2.96. The molecule has 0 radical (unpaired) electrons. The highest BCUT2D eigenvalue weighted by Gasteiger charge is 2.29. The fraction of sp³-hybridized carbons (Fsp3) is 0.923. The van der Waals surface area contributed by atoms with E-state index in [1.54, 1.807) is 0 Å². The molecule has 90 valence electrons. The predicted molar refractivity (Wildman–Crippen MR) is 63.0 cm³/mol. The maximum Gasteiger partial charge on any atom is 0.101 e. The molecule has 0 aromatic heterocycles. The lowest BCUT2D eigenvalue weighted by Crippen LogP contribution is -2.42. The van der Waals surface area contributed by atoms with E-state index < -0.39 is 0 Å². The number of nitriles is 1. The first kappa shape index (κ1) is 11.9. The molecule has 2 fully saturated rings. The molecule has 0 bridgehead atoms. The van der Waals surface area contributed by atoms with Crippen LogP contribution in [0.3, 0.4) is 0 Å². The molecule has 3 nitrogen and oxygen atoms in total. The lowest BCUT2D eigenvalue weighted by molar-refractivity contribution is 0.0395. The van der Waals surface area contributed by atoms with Crippen LogP contribution >= 0.6 is 0 Å². The first-order chi connectivity index (χ1) is 7.92. The third-order valence-corrected chi connectivity index (χ3v) is 3.88. The second kappa shape index (κ2) is 6.22. The Morgan fingerprint density at radius 2 is 1.69 bits per heavy atom. The molecule has 2 saturated heterocycles. The van der Waals surface area contributed by atoms with Gasteiger partial charge in [0, 0.05) is 13.2 Å². The molecule has 0 spiro atoms. The molecule has 1 atom stereocenters. The number of rotatable bonds is 2. The number of ether oxygens (including phenoxy) is 1. The fourth-order valence-corrected chi connectivity index (χ4v) is 2.89. The molecule has 0 amide bonds. The van der Waals surface area contributed by atoms with Gasteiger partial charge in [0.2, 0.25) is 0 Å². The summed E-state index contributed by atoms with van der Waals surface area (Å²) in [7, 11) is 0. The van der Waals surface area contributed by atoms with Crippen molar-refractivity contribution < 1.29 is 4.74 Å². The van der Waals surface area contributed by atoms with Crippen LogP contribution in [0.4, 0.5) is 0 Å². The van der Waals surface area contributed by atoms with Crippen molar-refractivity contribution in [3.63, 3.8) is 0 Å². The predicted octanol–water partition coefficient (Wildman–Crippen LogP) is 2.18. The van der Waals surface area contributed by atoms with Crippen LogP contribution in [0.2, 0.25) is 0 Å². The summed E-state index contributed by atoms with van der Waals surface area (Å²) in [6.07, 6.45) is 7.33. The van der Waals surface area contributed by atoms with E-state index in [2.05, 4.69) is 11.0 Å². The van der Waals surface area contributed by atoms with Crippen molar-refractivity contribution in [2.45, 2.75) is 44.6 Å². The monoisotopic (exact) mass is 222 g/mol. The van der Waals surface area contributed by atoms with E-state index in [-0.39, 0.29) is 6.04 Å². The zero-order valence-electron chi connectivity index (χ0n) is 10.0. The van der Waals surface area contributed by atoms with Crippen molar-refractivity contribution in [3.05, 3.63) is 0 Å². The van der Waals surface area contributed by atoms with Gasteiger partial charge in [-0.25, -0.2) is 0 Å². The van der Waals surface area contributed by atoms with Crippen molar-refractivity contribution in [1.82, 2.24) is 4.90 Å². The van der Waals surface area contributed by atoms with Crippen LogP contribution in [0.1, 0.15) is 38.5 Å². The van der Waals surface area contributed by atoms with Crippen LogP contribution in [0, 0.1) is 17.2 Å². The Kier molecular flexibility index (Phi) is 4.62. The minimum absolute atomic E-state index is 0.141. The Hall–Kier alpha value is -0.590. The van der Waals surface area contributed by atoms with Gasteiger partial charge in [-0.3, -0.25) is 4.90 Å². The molecule has 2 aliphatic rings. The first-order valence-electron chi connectivity index (χ1n) is 6.63. The van der Waals surface area contributed by atoms with E-state index in [4.69, 9.17) is 4.74 Å². The molecule has 2 heterocycles. The lowest BCUT2D eigenvalue weighted by atomic mass is 9.91. The van der Waals surface area contributed by atoms with E-state index >= 15 is 0 Å². The standard InChI is InChI=1S/C13H22N2O/c14-11-13(12-5-9-16-10-6-12)15-7-3-1-2-4-8-15/h12-13H,1-10H2. The second-order valence-electron chi connectivity index (χ2n) is 4.97. The Morgan fingerprint density at radius 1 is 1.06 bits per heavy atom. The zero-order valence-corrected chi connectivity index (χ0v) is 10.0. The number of nitrogens with zero attached hydrogens (tertiary/aromatic N) is 2. The quantitative estimate of drug-likeness (QED) is 0.718. The van der Waals surface area contributed by atoms with Crippen molar-refractivity contribution in [1.29, 1.82) is 5.26 Å². The van der Waals surface area contributed by atoms with Crippen LogP contribution in [0.25, 0.3) is 0 Å². The summed E-state index contributed by atoms with van der Waals surface area (Å²) >= 11 is 0. The van der Waals surface area contributed by atoms with E-state index in [1.807, 2.05) is 0 Å². The molecule has 0 saturated carbocycles. The van der Waals surface area contributed by atoms with Crippen molar-refractivity contribution >= 4 is 0 Å².